The molecule has 0 spiro atoms. The first-order valence-electron chi connectivity index (χ1n) is 10.5. The lowest BCUT2D eigenvalue weighted by Crippen LogP contribution is -2.42. The minimum absolute atomic E-state index is 0.0112. The first kappa shape index (κ1) is 25.8. The molecule has 1 heterocycles. The average molecular weight is 594 g/mol. The highest BCUT2D eigenvalue weighted by atomic mass is 127. The summed E-state index contributed by atoms with van der Waals surface area (Å²) in [6.07, 6.45) is -0.0149. The molecule has 1 aliphatic heterocycles. The monoisotopic (exact) mass is 593 g/mol. The van der Waals surface area contributed by atoms with E-state index in [1.54, 1.807) is 18.2 Å². The highest BCUT2D eigenvalue weighted by Gasteiger charge is 2.30. The first-order valence-corrected chi connectivity index (χ1v) is 12.4. The Morgan fingerprint density at radius 1 is 1.21 bits per heavy atom. The number of aryl methyl sites for hydroxylation is 1. The second-order valence-electron chi connectivity index (χ2n) is 8.01. The van der Waals surface area contributed by atoms with E-state index in [0.29, 0.717) is 16.4 Å². The van der Waals surface area contributed by atoms with Gasteiger partial charge >= 0.3 is 0 Å². The van der Waals surface area contributed by atoms with Crippen molar-refractivity contribution in [2.75, 3.05) is 31.4 Å². The number of nitrogens with one attached hydrogen (secondary N) is 1. The highest BCUT2D eigenvalue weighted by Crippen LogP contribution is 2.27. The molecule has 0 bridgehead atoms. The molecule has 8 nitrogen and oxygen atoms in total. The van der Waals surface area contributed by atoms with E-state index in [9.17, 15) is 14.4 Å². The van der Waals surface area contributed by atoms with Crippen molar-refractivity contribution >= 4 is 80.5 Å². The Morgan fingerprint density at radius 2 is 1.94 bits per heavy atom. The van der Waals surface area contributed by atoms with E-state index in [4.69, 9.17) is 11.6 Å². The Balaban J connectivity index is 2.12. The third-order valence-corrected chi connectivity index (χ3v) is 6.47. The molecule has 0 atom stereocenters. The fourth-order valence-electron chi connectivity index (χ4n) is 3.26. The van der Waals surface area contributed by atoms with Crippen LogP contribution in [0.3, 0.4) is 0 Å². The SMILES string of the molecule is Cc1cc(N(C)C)ccc1N=C(C(=O)Nc1cc(CI)ccc1Cl)C1=NC(=O)CCC(=O)N1C. The predicted molar refractivity (Wildman–Crippen MR) is 145 cm³/mol. The molecule has 2 aromatic rings. The van der Waals surface area contributed by atoms with Crippen LogP contribution in [0.2, 0.25) is 5.02 Å². The van der Waals surface area contributed by atoms with Crippen LogP contribution in [0.25, 0.3) is 0 Å². The zero-order chi connectivity index (χ0) is 25.0. The summed E-state index contributed by atoms with van der Waals surface area (Å²) >= 11 is 8.53. The van der Waals surface area contributed by atoms with E-state index < -0.39 is 11.8 Å². The van der Waals surface area contributed by atoms with Crippen LogP contribution in [0.5, 0.6) is 0 Å². The van der Waals surface area contributed by atoms with Crippen molar-refractivity contribution < 1.29 is 14.4 Å². The van der Waals surface area contributed by atoms with Crippen molar-refractivity contribution in [3.05, 3.63) is 52.5 Å². The minimum Gasteiger partial charge on any atom is -0.378 e. The molecule has 1 aliphatic rings. The molecule has 0 unspecified atom stereocenters. The van der Waals surface area contributed by atoms with Gasteiger partial charge in [-0.2, -0.15) is 4.99 Å². The van der Waals surface area contributed by atoms with Gasteiger partial charge in [-0.1, -0.05) is 40.3 Å². The maximum absolute atomic E-state index is 13.5. The molecule has 3 amide bonds. The molecular formula is C24H25ClIN5O3. The zero-order valence-corrected chi connectivity index (χ0v) is 22.3. The van der Waals surface area contributed by atoms with Crippen LogP contribution >= 0.6 is 34.2 Å². The molecule has 0 fully saturated rings. The number of hydrogen-bond donors (Lipinski definition) is 1. The van der Waals surface area contributed by atoms with Crippen molar-refractivity contribution in [1.82, 2.24) is 4.90 Å². The fourth-order valence-corrected chi connectivity index (χ4v) is 3.90. The molecule has 34 heavy (non-hydrogen) atoms. The first-order chi connectivity index (χ1) is 16.1. The average Bonchev–Trinajstić information content (AvgIpc) is 2.92. The van der Waals surface area contributed by atoms with Gasteiger partial charge in [0.05, 0.1) is 16.4 Å². The summed E-state index contributed by atoms with van der Waals surface area (Å²) in [6, 6.07) is 10.9. The van der Waals surface area contributed by atoms with E-state index in [-0.39, 0.29) is 30.3 Å². The van der Waals surface area contributed by atoms with Crippen LogP contribution in [-0.2, 0) is 18.8 Å². The van der Waals surface area contributed by atoms with E-state index >= 15 is 0 Å². The second-order valence-corrected chi connectivity index (χ2v) is 9.18. The smallest absolute Gasteiger partial charge is 0.278 e. The van der Waals surface area contributed by atoms with Crippen molar-refractivity contribution in [2.24, 2.45) is 9.98 Å². The van der Waals surface area contributed by atoms with Crippen LogP contribution in [0.15, 0.2) is 46.4 Å². The Hall–Kier alpha value is -2.79. The maximum Gasteiger partial charge on any atom is 0.278 e. The van der Waals surface area contributed by atoms with Gasteiger partial charge in [-0.3, -0.25) is 19.3 Å². The van der Waals surface area contributed by atoms with Crippen molar-refractivity contribution in [1.29, 1.82) is 0 Å². The summed E-state index contributed by atoms with van der Waals surface area (Å²) in [5.74, 6) is -1.54. The van der Waals surface area contributed by atoms with Gasteiger partial charge in [-0.15, -0.1) is 0 Å². The Labute approximate surface area is 217 Å². The van der Waals surface area contributed by atoms with Crippen LogP contribution in [-0.4, -0.2) is 55.3 Å². The van der Waals surface area contributed by atoms with Gasteiger partial charge in [0.2, 0.25) is 11.8 Å². The number of halogens is 2. The number of alkyl halides is 1. The Kier molecular flexibility index (Phi) is 8.42. The Morgan fingerprint density at radius 3 is 2.59 bits per heavy atom. The third kappa shape index (κ3) is 6.01. The molecule has 178 valence electrons. The van der Waals surface area contributed by atoms with Crippen molar-refractivity contribution in [2.45, 2.75) is 24.2 Å². The number of anilines is 2. The lowest BCUT2D eigenvalue weighted by molar-refractivity contribution is -0.127. The van der Waals surface area contributed by atoms with Crippen molar-refractivity contribution in [3.8, 4) is 0 Å². The number of carbonyl (C=O) groups excluding carboxylic acids is 3. The number of carbonyl (C=O) groups is 3. The number of rotatable bonds is 6. The number of benzene rings is 2. The van der Waals surface area contributed by atoms with Gasteiger partial charge in [0.15, 0.2) is 11.5 Å². The molecule has 3 rings (SSSR count). The topological polar surface area (TPSA) is 94.4 Å². The molecule has 0 aromatic heterocycles. The summed E-state index contributed by atoms with van der Waals surface area (Å²) in [7, 11) is 5.33. The van der Waals surface area contributed by atoms with E-state index in [0.717, 1.165) is 21.2 Å². The van der Waals surface area contributed by atoms with E-state index in [1.807, 2.05) is 44.1 Å². The Bertz CT molecular complexity index is 1210. The molecular weight excluding hydrogens is 569 g/mol. The molecule has 0 radical (unpaired) electrons. The summed E-state index contributed by atoms with van der Waals surface area (Å²) in [4.78, 5) is 50.0. The van der Waals surface area contributed by atoms with Crippen LogP contribution in [0.4, 0.5) is 17.1 Å². The van der Waals surface area contributed by atoms with Gasteiger partial charge in [-0.05, 0) is 48.4 Å². The quantitative estimate of drug-likeness (QED) is 0.302. The molecule has 10 heteroatoms. The van der Waals surface area contributed by atoms with Gasteiger partial charge in [0, 0.05) is 44.1 Å². The van der Waals surface area contributed by atoms with Crippen molar-refractivity contribution in [3.63, 3.8) is 0 Å². The van der Waals surface area contributed by atoms with E-state index in [1.165, 1.54) is 11.9 Å². The number of nitrogens with zero attached hydrogens (tertiary/aromatic N) is 4. The summed E-state index contributed by atoms with van der Waals surface area (Å²) in [6.45, 7) is 1.87. The lowest BCUT2D eigenvalue weighted by Gasteiger charge is -2.19. The largest absolute Gasteiger partial charge is 0.378 e. The second kappa shape index (κ2) is 11.1. The van der Waals surface area contributed by atoms with Gasteiger partial charge < -0.3 is 10.2 Å². The lowest BCUT2D eigenvalue weighted by atomic mass is 10.1. The minimum atomic E-state index is -0.628. The summed E-state index contributed by atoms with van der Waals surface area (Å²) in [5, 5.41) is 3.14. The van der Waals surface area contributed by atoms with Crippen LogP contribution < -0.4 is 10.2 Å². The van der Waals surface area contributed by atoms with Gasteiger partial charge in [-0.25, -0.2) is 4.99 Å². The summed E-state index contributed by atoms with van der Waals surface area (Å²) in [5.41, 5.74) is 3.53. The molecule has 0 saturated carbocycles. The standard InChI is InChI=1S/C24H25ClIN5O3/c1-14-11-16(30(2)3)6-8-18(14)27-22(23-29-20(32)9-10-21(33)31(23)4)24(34)28-19-12-15(13-26)5-7-17(19)25/h5-8,11-12H,9-10,13H2,1-4H3,(H,28,34). The van der Waals surface area contributed by atoms with Crippen LogP contribution in [0.1, 0.15) is 24.0 Å². The number of aliphatic imine (C=N–C) groups is 2. The zero-order valence-electron chi connectivity index (χ0n) is 19.4. The van der Waals surface area contributed by atoms with Crippen LogP contribution in [0, 0.1) is 6.92 Å². The fraction of sp³-hybridized carbons (Fsp3) is 0.292. The van der Waals surface area contributed by atoms with Gasteiger partial charge in [0.25, 0.3) is 5.91 Å². The van der Waals surface area contributed by atoms with E-state index in [2.05, 4.69) is 37.9 Å². The number of hydrogen-bond acceptors (Lipinski definition) is 5. The summed E-state index contributed by atoms with van der Waals surface area (Å²) < 4.78 is 0.731. The maximum atomic E-state index is 13.5. The predicted octanol–water partition coefficient (Wildman–Crippen LogP) is 4.54. The molecule has 0 saturated heterocycles. The normalized spacial score (nSPS) is 14.6. The third-order valence-electron chi connectivity index (χ3n) is 5.26. The molecule has 2 aromatic carbocycles. The molecule has 1 N–H and O–H groups in total. The van der Waals surface area contributed by atoms with Gasteiger partial charge in [0.1, 0.15) is 0 Å². The number of amidine groups is 1. The number of amides is 3. The molecule has 0 aliphatic carbocycles. The highest BCUT2D eigenvalue weighted by molar-refractivity contribution is 14.1.